The van der Waals surface area contributed by atoms with Crippen molar-refractivity contribution >= 4 is 5.96 Å². The molecule has 0 spiro atoms. The Morgan fingerprint density at radius 1 is 1.16 bits per heavy atom. The van der Waals surface area contributed by atoms with Crippen LogP contribution >= 0.6 is 0 Å². The summed E-state index contributed by atoms with van der Waals surface area (Å²) in [6, 6.07) is 6.60. The summed E-state index contributed by atoms with van der Waals surface area (Å²) >= 11 is 0. The lowest BCUT2D eigenvalue weighted by atomic mass is 10.1. The van der Waals surface area contributed by atoms with Crippen LogP contribution in [-0.4, -0.2) is 81.8 Å². The molecule has 7 heteroatoms. The van der Waals surface area contributed by atoms with Gasteiger partial charge >= 0.3 is 0 Å². The number of likely N-dealkylation sites (tertiary alicyclic amines) is 1. The minimum absolute atomic E-state index is 0.482. The van der Waals surface area contributed by atoms with Gasteiger partial charge in [-0.2, -0.15) is 0 Å². The molecule has 0 aliphatic carbocycles. The molecule has 0 aromatic heterocycles. The molecule has 2 N–H and O–H groups in total. The highest BCUT2D eigenvalue weighted by Crippen LogP contribution is 2.28. The van der Waals surface area contributed by atoms with Crippen molar-refractivity contribution in [3.8, 4) is 11.5 Å². The molecule has 0 atom stereocenters. The number of piperidine rings is 1. The summed E-state index contributed by atoms with van der Waals surface area (Å²) < 4.78 is 11.5. The van der Waals surface area contributed by atoms with Gasteiger partial charge < -0.3 is 29.9 Å². The molecule has 0 radical (unpaired) electrons. The average molecular weight is 434 g/mol. The summed E-state index contributed by atoms with van der Waals surface area (Å²) in [5.41, 5.74) is 1.13. The number of guanidine groups is 1. The number of aliphatic imine (C=N–C) groups is 1. The molecule has 1 aliphatic rings. The maximum atomic E-state index is 5.96. The van der Waals surface area contributed by atoms with Crippen molar-refractivity contribution in [3.63, 3.8) is 0 Å². The van der Waals surface area contributed by atoms with E-state index in [1.165, 1.54) is 13.0 Å². The number of methoxy groups -OCH3 is 1. The first-order valence-electron chi connectivity index (χ1n) is 11.8. The van der Waals surface area contributed by atoms with Gasteiger partial charge in [-0.1, -0.05) is 26.8 Å². The predicted molar refractivity (Wildman–Crippen MR) is 129 cm³/mol. The van der Waals surface area contributed by atoms with Crippen molar-refractivity contribution in [3.05, 3.63) is 23.8 Å². The molecule has 0 amide bonds. The highest BCUT2D eigenvalue weighted by molar-refractivity contribution is 5.80. The molecule has 176 valence electrons. The van der Waals surface area contributed by atoms with Gasteiger partial charge in [0.25, 0.3) is 0 Å². The van der Waals surface area contributed by atoms with E-state index in [1.807, 2.05) is 19.2 Å². The molecule has 0 saturated carbocycles. The number of nitrogens with one attached hydrogen (secondary N) is 2. The predicted octanol–water partition coefficient (Wildman–Crippen LogP) is 2.96. The van der Waals surface area contributed by atoms with Crippen LogP contribution in [-0.2, 0) is 6.54 Å². The topological polar surface area (TPSA) is 61.4 Å². The minimum atomic E-state index is 0.482. The monoisotopic (exact) mass is 433 g/mol. The van der Waals surface area contributed by atoms with Gasteiger partial charge in [-0.25, -0.2) is 0 Å². The average Bonchev–Trinajstić information content (AvgIpc) is 2.81. The molecule has 1 aliphatic heterocycles. The molecule has 1 heterocycles. The van der Waals surface area contributed by atoms with E-state index in [9.17, 15) is 0 Å². The zero-order chi connectivity index (χ0) is 22.5. The van der Waals surface area contributed by atoms with E-state index in [0.717, 1.165) is 68.6 Å². The van der Waals surface area contributed by atoms with Crippen LogP contribution in [0.4, 0.5) is 0 Å². The molecular weight excluding hydrogens is 390 g/mol. The Morgan fingerprint density at radius 2 is 1.90 bits per heavy atom. The van der Waals surface area contributed by atoms with Crippen LogP contribution < -0.4 is 20.1 Å². The van der Waals surface area contributed by atoms with Crippen LogP contribution in [0.5, 0.6) is 11.5 Å². The van der Waals surface area contributed by atoms with Crippen molar-refractivity contribution in [1.29, 1.82) is 0 Å². The summed E-state index contributed by atoms with van der Waals surface area (Å²) in [5.74, 6) is 2.41. The zero-order valence-corrected chi connectivity index (χ0v) is 20.2. The molecule has 1 aromatic rings. The molecular formula is C24H43N5O2. The van der Waals surface area contributed by atoms with Gasteiger partial charge in [0.2, 0.25) is 0 Å². The lowest BCUT2D eigenvalue weighted by molar-refractivity contribution is 0.206. The fourth-order valence-corrected chi connectivity index (χ4v) is 3.96. The van der Waals surface area contributed by atoms with E-state index in [2.05, 4.69) is 52.3 Å². The third kappa shape index (κ3) is 8.57. The summed E-state index contributed by atoms with van der Waals surface area (Å²) in [5, 5.41) is 7.02. The van der Waals surface area contributed by atoms with E-state index in [-0.39, 0.29) is 0 Å². The Kier molecular flexibility index (Phi) is 11.5. The zero-order valence-electron chi connectivity index (χ0n) is 20.2. The number of ether oxygens (including phenoxy) is 2. The van der Waals surface area contributed by atoms with Crippen LogP contribution in [0.2, 0.25) is 0 Å². The van der Waals surface area contributed by atoms with Crippen molar-refractivity contribution in [2.45, 2.75) is 52.6 Å². The second-order valence-corrected chi connectivity index (χ2v) is 8.05. The second kappa shape index (κ2) is 14.1. The Bertz CT molecular complexity index is 655. The van der Waals surface area contributed by atoms with E-state index in [4.69, 9.17) is 9.47 Å². The largest absolute Gasteiger partial charge is 0.493 e. The van der Waals surface area contributed by atoms with Gasteiger partial charge in [0.05, 0.1) is 7.11 Å². The normalized spacial score (nSPS) is 15.9. The van der Waals surface area contributed by atoms with E-state index in [1.54, 1.807) is 7.11 Å². The molecule has 7 nitrogen and oxygen atoms in total. The molecule has 1 aromatic carbocycles. The van der Waals surface area contributed by atoms with Crippen molar-refractivity contribution in [1.82, 2.24) is 20.4 Å². The van der Waals surface area contributed by atoms with Crippen LogP contribution in [0.3, 0.4) is 0 Å². The summed E-state index contributed by atoms with van der Waals surface area (Å²) in [6.45, 7) is 14.4. The second-order valence-electron chi connectivity index (χ2n) is 8.05. The van der Waals surface area contributed by atoms with Gasteiger partial charge in [0.15, 0.2) is 17.5 Å². The smallest absolute Gasteiger partial charge is 0.191 e. The standard InChI is InChI=1S/C24H43N5O2/c1-6-13-29-14-11-21(12-15-29)27-24(25-4)26-19-20-9-10-22(23(18-20)30-5)31-17-16-28(7-2)8-3/h9-10,18,21H,6-8,11-17,19H2,1-5H3,(H2,25,26,27). The first kappa shape index (κ1) is 25.3. The highest BCUT2D eigenvalue weighted by Gasteiger charge is 2.19. The summed E-state index contributed by atoms with van der Waals surface area (Å²) in [4.78, 5) is 9.30. The summed E-state index contributed by atoms with van der Waals surface area (Å²) in [6.07, 6.45) is 3.55. The molecule has 0 bridgehead atoms. The number of hydrogen-bond acceptors (Lipinski definition) is 5. The van der Waals surface area contributed by atoms with Gasteiger partial charge in [-0.3, -0.25) is 4.99 Å². The molecule has 1 fully saturated rings. The number of rotatable bonds is 12. The molecule has 2 rings (SSSR count). The maximum absolute atomic E-state index is 5.96. The van der Waals surface area contributed by atoms with Crippen molar-refractivity contribution in [2.24, 2.45) is 4.99 Å². The lowest BCUT2D eigenvalue weighted by Gasteiger charge is -2.32. The van der Waals surface area contributed by atoms with Gasteiger partial charge in [0, 0.05) is 39.3 Å². The van der Waals surface area contributed by atoms with Crippen LogP contribution in [0.1, 0.15) is 45.6 Å². The molecule has 0 unspecified atom stereocenters. The third-order valence-corrected chi connectivity index (χ3v) is 5.94. The Morgan fingerprint density at radius 3 is 2.52 bits per heavy atom. The fourth-order valence-electron chi connectivity index (χ4n) is 3.96. The van der Waals surface area contributed by atoms with Gasteiger partial charge in [-0.15, -0.1) is 0 Å². The first-order chi connectivity index (χ1) is 15.1. The molecule has 1 saturated heterocycles. The van der Waals surface area contributed by atoms with Gasteiger partial charge in [-0.05, 0) is 56.6 Å². The number of nitrogens with zero attached hydrogens (tertiary/aromatic N) is 3. The van der Waals surface area contributed by atoms with Crippen LogP contribution in [0.25, 0.3) is 0 Å². The maximum Gasteiger partial charge on any atom is 0.191 e. The van der Waals surface area contributed by atoms with E-state index < -0.39 is 0 Å². The number of likely N-dealkylation sites (N-methyl/N-ethyl adjacent to an activating group) is 1. The Hall–Kier alpha value is -1.99. The quantitative estimate of drug-likeness (QED) is 0.390. The lowest BCUT2D eigenvalue weighted by Crippen LogP contribution is -2.48. The minimum Gasteiger partial charge on any atom is -0.493 e. The summed E-state index contributed by atoms with van der Waals surface area (Å²) in [7, 11) is 3.52. The third-order valence-electron chi connectivity index (χ3n) is 5.94. The highest BCUT2D eigenvalue weighted by atomic mass is 16.5. The van der Waals surface area contributed by atoms with Gasteiger partial charge in [0.1, 0.15) is 6.61 Å². The SMILES string of the molecule is CCCN1CCC(NC(=NC)NCc2ccc(OCCN(CC)CC)c(OC)c2)CC1. The van der Waals surface area contributed by atoms with Crippen molar-refractivity contribution < 1.29 is 9.47 Å². The Balaban J connectivity index is 1.82. The van der Waals surface area contributed by atoms with E-state index >= 15 is 0 Å². The van der Waals surface area contributed by atoms with Crippen LogP contribution in [0.15, 0.2) is 23.2 Å². The fraction of sp³-hybridized carbons (Fsp3) is 0.708. The first-order valence-corrected chi connectivity index (χ1v) is 11.8. The number of benzene rings is 1. The number of hydrogen-bond donors (Lipinski definition) is 2. The van der Waals surface area contributed by atoms with Crippen molar-refractivity contribution in [2.75, 3.05) is 60.0 Å². The molecule has 31 heavy (non-hydrogen) atoms. The van der Waals surface area contributed by atoms with E-state index in [0.29, 0.717) is 19.2 Å². The van der Waals surface area contributed by atoms with Crippen LogP contribution in [0, 0.1) is 0 Å². The Labute approximate surface area is 189 Å².